The molecule has 0 bridgehead atoms. The van der Waals surface area contributed by atoms with Crippen LogP contribution in [0.25, 0.3) is 0 Å². The summed E-state index contributed by atoms with van der Waals surface area (Å²) in [7, 11) is 0. The number of rotatable bonds is 9. The molecule has 0 amide bonds. The van der Waals surface area contributed by atoms with Crippen molar-refractivity contribution in [2.45, 2.75) is 113 Å². The summed E-state index contributed by atoms with van der Waals surface area (Å²) in [5, 5.41) is 0. The van der Waals surface area contributed by atoms with Crippen LogP contribution in [0.1, 0.15) is 112 Å². The molecule has 1 aliphatic rings. The van der Waals surface area contributed by atoms with Gasteiger partial charge in [-0.1, -0.05) is 80.4 Å². The molecule has 2 nitrogen and oxygen atoms in total. The topological polar surface area (TPSA) is 18.5 Å². The van der Waals surface area contributed by atoms with Crippen molar-refractivity contribution in [1.82, 2.24) is 0 Å². The van der Waals surface area contributed by atoms with E-state index in [0.717, 1.165) is 24.7 Å². The van der Waals surface area contributed by atoms with Gasteiger partial charge in [-0.15, -0.1) is 0 Å². The lowest BCUT2D eigenvalue weighted by Crippen LogP contribution is -2.29. The molecule has 1 aromatic carbocycles. The van der Waals surface area contributed by atoms with Crippen LogP contribution in [0.15, 0.2) is 24.3 Å². The Morgan fingerprint density at radius 3 is 1.93 bits per heavy atom. The lowest BCUT2D eigenvalue weighted by molar-refractivity contribution is -0.113. The SMILES string of the molecule is CCC(CC(C)(C)C)c1ccc(OC(CC(C)(C)C)OCC2CCC(C)CC2)cc1. The Kier molecular flexibility index (Phi) is 9.28. The number of ether oxygens (including phenoxy) is 2. The van der Waals surface area contributed by atoms with Crippen molar-refractivity contribution in [2.24, 2.45) is 22.7 Å². The van der Waals surface area contributed by atoms with E-state index in [1.807, 2.05) is 0 Å². The van der Waals surface area contributed by atoms with Crippen LogP contribution in [0.4, 0.5) is 0 Å². The normalized spacial score (nSPS) is 22.5. The summed E-state index contributed by atoms with van der Waals surface area (Å²) in [5.74, 6) is 3.11. The van der Waals surface area contributed by atoms with Crippen LogP contribution in [-0.4, -0.2) is 12.9 Å². The summed E-state index contributed by atoms with van der Waals surface area (Å²) < 4.78 is 12.7. The Morgan fingerprint density at radius 1 is 0.867 bits per heavy atom. The summed E-state index contributed by atoms with van der Waals surface area (Å²) >= 11 is 0. The van der Waals surface area contributed by atoms with Crippen LogP contribution < -0.4 is 4.74 Å². The van der Waals surface area contributed by atoms with Crippen molar-refractivity contribution in [3.05, 3.63) is 29.8 Å². The summed E-state index contributed by atoms with van der Waals surface area (Å²) in [6.45, 7) is 19.3. The number of hydrogen-bond donors (Lipinski definition) is 0. The zero-order valence-corrected chi connectivity index (χ0v) is 21.1. The molecule has 2 unspecified atom stereocenters. The zero-order chi connectivity index (χ0) is 22.4. The smallest absolute Gasteiger partial charge is 0.200 e. The molecule has 172 valence electrons. The average molecular weight is 417 g/mol. The molecule has 0 N–H and O–H groups in total. The van der Waals surface area contributed by atoms with E-state index < -0.39 is 0 Å². The molecule has 0 radical (unpaired) electrons. The van der Waals surface area contributed by atoms with Crippen molar-refractivity contribution in [3.63, 3.8) is 0 Å². The third-order valence-corrected chi connectivity index (χ3v) is 6.40. The highest BCUT2D eigenvalue weighted by atomic mass is 16.7. The Bertz CT molecular complexity index is 597. The predicted molar refractivity (Wildman–Crippen MR) is 129 cm³/mol. The van der Waals surface area contributed by atoms with Crippen molar-refractivity contribution < 1.29 is 9.47 Å². The van der Waals surface area contributed by atoms with Gasteiger partial charge in [-0.2, -0.15) is 0 Å². The molecule has 1 aromatic rings. The second kappa shape index (κ2) is 11.0. The maximum Gasteiger partial charge on any atom is 0.200 e. The highest BCUT2D eigenvalue weighted by Crippen LogP contribution is 2.35. The quantitative estimate of drug-likeness (QED) is 0.375. The monoisotopic (exact) mass is 416 g/mol. The van der Waals surface area contributed by atoms with E-state index in [2.05, 4.69) is 79.7 Å². The first-order valence-corrected chi connectivity index (χ1v) is 12.3. The number of hydrogen-bond acceptors (Lipinski definition) is 2. The summed E-state index contributed by atoms with van der Waals surface area (Å²) in [4.78, 5) is 0. The van der Waals surface area contributed by atoms with Crippen LogP contribution in [0.2, 0.25) is 0 Å². The van der Waals surface area contributed by atoms with Gasteiger partial charge in [0.25, 0.3) is 0 Å². The molecular weight excluding hydrogens is 368 g/mol. The lowest BCUT2D eigenvalue weighted by Gasteiger charge is -2.30. The Hall–Kier alpha value is -1.02. The maximum atomic E-state index is 6.35. The Balaban J connectivity index is 1.98. The minimum atomic E-state index is -0.174. The summed E-state index contributed by atoms with van der Waals surface area (Å²) in [6, 6.07) is 8.79. The fraction of sp³-hybridized carbons (Fsp3) is 0.786. The first-order chi connectivity index (χ1) is 13.9. The van der Waals surface area contributed by atoms with E-state index in [1.165, 1.54) is 44.1 Å². The highest BCUT2D eigenvalue weighted by Gasteiger charge is 2.25. The van der Waals surface area contributed by atoms with Gasteiger partial charge >= 0.3 is 0 Å². The molecule has 0 spiro atoms. The van der Waals surface area contributed by atoms with Gasteiger partial charge in [-0.3, -0.25) is 0 Å². The highest BCUT2D eigenvalue weighted by molar-refractivity contribution is 5.29. The van der Waals surface area contributed by atoms with Gasteiger partial charge in [0, 0.05) is 6.42 Å². The molecule has 1 saturated carbocycles. The first-order valence-electron chi connectivity index (χ1n) is 12.3. The standard InChI is InChI=1S/C28H48O2/c1-9-23(18-27(3,4)5)24-14-16-25(17-15-24)30-26(19-28(6,7)8)29-20-22-12-10-21(2)11-13-22/h14-17,21-23,26H,9-13,18-20H2,1-8H3. The Labute approximate surface area is 187 Å². The zero-order valence-electron chi connectivity index (χ0n) is 21.1. The summed E-state index contributed by atoms with van der Waals surface area (Å²) in [5.41, 5.74) is 1.94. The van der Waals surface area contributed by atoms with E-state index in [0.29, 0.717) is 17.3 Å². The van der Waals surface area contributed by atoms with Crippen molar-refractivity contribution in [3.8, 4) is 5.75 Å². The molecule has 2 heteroatoms. The third-order valence-electron chi connectivity index (χ3n) is 6.40. The molecule has 2 rings (SSSR count). The van der Waals surface area contributed by atoms with Crippen LogP contribution in [-0.2, 0) is 4.74 Å². The van der Waals surface area contributed by atoms with Gasteiger partial charge in [-0.25, -0.2) is 0 Å². The second-order valence-corrected chi connectivity index (χ2v) is 12.2. The third kappa shape index (κ3) is 9.41. The fourth-order valence-corrected chi connectivity index (χ4v) is 4.58. The fourth-order valence-electron chi connectivity index (χ4n) is 4.58. The largest absolute Gasteiger partial charge is 0.465 e. The van der Waals surface area contributed by atoms with E-state index in [9.17, 15) is 0 Å². The molecule has 0 heterocycles. The maximum absolute atomic E-state index is 6.35. The van der Waals surface area contributed by atoms with Crippen LogP contribution in [0.3, 0.4) is 0 Å². The predicted octanol–water partition coefficient (Wildman–Crippen LogP) is 8.60. The van der Waals surface area contributed by atoms with Gasteiger partial charge in [0.2, 0.25) is 0 Å². The van der Waals surface area contributed by atoms with Crippen molar-refractivity contribution in [1.29, 1.82) is 0 Å². The van der Waals surface area contributed by atoms with E-state index in [-0.39, 0.29) is 11.7 Å². The molecule has 0 aliphatic heterocycles. The first kappa shape index (κ1) is 25.2. The van der Waals surface area contributed by atoms with Gasteiger partial charge in [0.1, 0.15) is 5.75 Å². The van der Waals surface area contributed by atoms with E-state index in [4.69, 9.17) is 9.47 Å². The second-order valence-electron chi connectivity index (χ2n) is 12.2. The van der Waals surface area contributed by atoms with Crippen molar-refractivity contribution >= 4 is 0 Å². The minimum absolute atomic E-state index is 0.172. The van der Waals surface area contributed by atoms with Crippen molar-refractivity contribution in [2.75, 3.05) is 6.61 Å². The van der Waals surface area contributed by atoms with Crippen LogP contribution in [0.5, 0.6) is 5.75 Å². The van der Waals surface area contributed by atoms with Gasteiger partial charge in [0.05, 0.1) is 6.61 Å². The van der Waals surface area contributed by atoms with Crippen LogP contribution in [0, 0.1) is 22.7 Å². The van der Waals surface area contributed by atoms with Crippen LogP contribution >= 0.6 is 0 Å². The van der Waals surface area contributed by atoms with E-state index in [1.54, 1.807) is 0 Å². The lowest BCUT2D eigenvalue weighted by atomic mass is 9.80. The molecular formula is C28H48O2. The number of benzene rings is 1. The molecule has 1 fully saturated rings. The molecule has 1 aliphatic carbocycles. The van der Waals surface area contributed by atoms with Gasteiger partial charge < -0.3 is 9.47 Å². The average Bonchev–Trinajstić information content (AvgIpc) is 2.64. The summed E-state index contributed by atoms with van der Waals surface area (Å²) in [6.07, 6.45) is 8.38. The van der Waals surface area contributed by atoms with Gasteiger partial charge in [0.15, 0.2) is 6.29 Å². The minimum Gasteiger partial charge on any atom is -0.465 e. The molecule has 30 heavy (non-hydrogen) atoms. The Morgan fingerprint density at radius 2 is 1.43 bits per heavy atom. The molecule has 2 atom stereocenters. The molecule has 0 saturated heterocycles. The van der Waals surface area contributed by atoms with Gasteiger partial charge in [-0.05, 0) is 72.0 Å². The van der Waals surface area contributed by atoms with E-state index >= 15 is 0 Å². The molecule has 0 aromatic heterocycles.